The van der Waals surface area contributed by atoms with Crippen LogP contribution < -0.4 is 16.0 Å². The van der Waals surface area contributed by atoms with Crippen LogP contribution in [0, 0.1) is 28.4 Å². The number of anilines is 2. The molecule has 3 N–H and O–H groups in total. The van der Waals surface area contributed by atoms with Crippen LogP contribution in [0.25, 0.3) is 0 Å². The maximum atomic E-state index is 13.5. The molecule has 2 heterocycles. The van der Waals surface area contributed by atoms with Crippen LogP contribution in [0.5, 0.6) is 0 Å². The van der Waals surface area contributed by atoms with Crippen LogP contribution in [0.4, 0.5) is 30.2 Å². The number of alkyl halides is 3. The van der Waals surface area contributed by atoms with Crippen molar-refractivity contribution in [2.75, 3.05) is 16.4 Å². The van der Waals surface area contributed by atoms with Crippen molar-refractivity contribution in [3.05, 3.63) is 109 Å². The lowest BCUT2D eigenvalue weighted by atomic mass is 9.85. The number of hydrogen-bond donors (Lipinski definition) is 3. The smallest absolute Gasteiger partial charge is 0.416 e. The first-order chi connectivity index (χ1) is 20.3. The topological polar surface area (TPSA) is 150 Å². The van der Waals surface area contributed by atoms with Gasteiger partial charge in [-0.25, -0.2) is 0 Å². The van der Waals surface area contributed by atoms with E-state index in [9.17, 15) is 38.1 Å². The molecule has 0 unspecified atom stereocenters. The molecule has 0 aliphatic carbocycles. The van der Waals surface area contributed by atoms with Crippen molar-refractivity contribution in [3.8, 4) is 6.07 Å². The van der Waals surface area contributed by atoms with E-state index in [1.54, 1.807) is 13.0 Å². The Balaban J connectivity index is 1.59. The quantitative estimate of drug-likeness (QED) is 0.180. The zero-order valence-electron chi connectivity index (χ0n) is 22.3. The van der Waals surface area contributed by atoms with E-state index < -0.39 is 34.4 Å². The van der Waals surface area contributed by atoms with Gasteiger partial charge in [0.2, 0.25) is 5.91 Å². The molecule has 43 heavy (non-hydrogen) atoms. The molecular formula is C28H21ClF3N5O5S. The molecule has 1 atom stereocenters. The largest absolute Gasteiger partial charge is 0.468 e. The van der Waals surface area contributed by atoms with Gasteiger partial charge >= 0.3 is 6.18 Å². The average molecular weight is 632 g/mol. The summed E-state index contributed by atoms with van der Waals surface area (Å²) >= 11 is 7.05. The van der Waals surface area contributed by atoms with Gasteiger partial charge in [0.25, 0.3) is 11.6 Å². The fraction of sp³-hybridized carbons (Fsp3) is 0.179. The number of furan rings is 1. The van der Waals surface area contributed by atoms with Gasteiger partial charge in [-0.15, -0.1) is 0 Å². The second-order valence-corrected chi connectivity index (χ2v) is 10.6. The molecule has 0 saturated carbocycles. The molecule has 3 aromatic rings. The fourth-order valence-electron chi connectivity index (χ4n) is 4.28. The van der Waals surface area contributed by atoms with Crippen molar-refractivity contribution < 1.29 is 32.1 Å². The molecule has 2 amide bonds. The highest BCUT2D eigenvalue weighted by molar-refractivity contribution is 8.03. The fourth-order valence-corrected chi connectivity index (χ4v) is 5.34. The number of thioether (sulfide) groups is 1. The van der Waals surface area contributed by atoms with Crippen molar-refractivity contribution in [2.45, 2.75) is 25.9 Å². The maximum Gasteiger partial charge on any atom is 0.416 e. The van der Waals surface area contributed by atoms with Crippen LogP contribution in [-0.4, -0.2) is 22.5 Å². The van der Waals surface area contributed by atoms with E-state index in [0.717, 1.165) is 23.9 Å². The molecule has 222 valence electrons. The number of amides is 2. The Hall–Kier alpha value is -4.74. The molecule has 0 bridgehead atoms. The summed E-state index contributed by atoms with van der Waals surface area (Å²) in [5.41, 5.74) is -0.272. The molecule has 0 fully saturated rings. The van der Waals surface area contributed by atoms with Crippen LogP contribution in [0.2, 0.25) is 5.02 Å². The minimum absolute atomic E-state index is 0.00437. The Kier molecular flexibility index (Phi) is 9.17. The van der Waals surface area contributed by atoms with Crippen LogP contribution in [0.3, 0.4) is 0 Å². The lowest BCUT2D eigenvalue weighted by molar-refractivity contribution is -0.384. The number of rotatable bonds is 8. The summed E-state index contributed by atoms with van der Waals surface area (Å²) in [5.74, 6) is -2.32. The summed E-state index contributed by atoms with van der Waals surface area (Å²) in [7, 11) is 0. The number of halogens is 4. The normalized spacial score (nSPS) is 15.0. The Labute approximate surface area is 251 Å². The number of nitrogens with one attached hydrogen (secondary N) is 3. The van der Waals surface area contributed by atoms with Gasteiger partial charge in [-0.2, -0.15) is 18.4 Å². The molecule has 10 nitrogen and oxygen atoms in total. The minimum atomic E-state index is -4.67. The van der Waals surface area contributed by atoms with Gasteiger partial charge in [-0.3, -0.25) is 19.7 Å². The molecule has 15 heteroatoms. The Morgan fingerprint density at radius 2 is 1.91 bits per heavy atom. The highest BCUT2D eigenvalue weighted by atomic mass is 35.5. The number of non-ortho nitro benzene ring substituents is 1. The first-order valence-electron chi connectivity index (χ1n) is 12.3. The van der Waals surface area contributed by atoms with E-state index in [-0.39, 0.29) is 49.8 Å². The third-order valence-corrected chi connectivity index (χ3v) is 7.65. The molecule has 4 rings (SSSR count). The Morgan fingerprint density at radius 1 is 1.16 bits per heavy atom. The summed E-state index contributed by atoms with van der Waals surface area (Å²) in [6.45, 7) is 3.14. The monoisotopic (exact) mass is 631 g/mol. The van der Waals surface area contributed by atoms with E-state index in [4.69, 9.17) is 16.0 Å². The van der Waals surface area contributed by atoms with Gasteiger partial charge in [-0.05, 0) is 55.8 Å². The van der Waals surface area contributed by atoms with Crippen LogP contribution >= 0.6 is 23.4 Å². The molecule has 1 aromatic heterocycles. The van der Waals surface area contributed by atoms with Gasteiger partial charge in [0.1, 0.15) is 5.76 Å². The van der Waals surface area contributed by atoms with Crippen molar-refractivity contribution in [1.29, 1.82) is 5.26 Å². The summed E-state index contributed by atoms with van der Waals surface area (Å²) < 4.78 is 45.3. The molecule has 0 radical (unpaired) electrons. The zero-order chi connectivity index (χ0) is 31.5. The van der Waals surface area contributed by atoms with Crippen molar-refractivity contribution >= 4 is 52.2 Å². The van der Waals surface area contributed by atoms with E-state index in [2.05, 4.69) is 22.0 Å². The van der Waals surface area contributed by atoms with E-state index in [0.29, 0.717) is 17.3 Å². The number of dihydropyridines is 1. The van der Waals surface area contributed by atoms with Gasteiger partial charge in [0.05, 0.1) is 61.4 Å². The Bertz CT molecular complexity index is 1710. The standard InChI is InChI=1S/C28H21ClF3N5O5S/c1-14-10-17(37(40)41)6-8-20(14)35-23(38)13-43-27-18(12-33)25(22-4-3-9-42-22)24(15(2)34-27)26(39)36-21-11-16(28(30,31)32)5-7-19(21)29/h3-11,25,34H,13H2,1-2H3,(H,35,38)(H,36,39)/t25-/m1/s1. The van der Waals surface area contributed by atoms with Crippen molar-refractivity contribution in [1.82, 2.24) is 5.32 Å². The average Bonchev–Trinajstić information content (AvgIpc) is 3.47. The second-order valence-electron chi connectivity index (χ2n) is 9.21. The number of hydrogen-bond acceptors (Lipinski definition) is 8. The number of carbonyl (C=O) groups is 2. The summed E-state index contributed by atoms with van der Waals surface area (Å²) in [6, 6.07) is 11.7. The summed E-state index contributed by atoms with van der Waals surface area (Å²) in [6.07, 6.45) is -3.33. The SMILES string of the molecule is CC1=C(C(=O)Nc2cc(C(F)(F)F)ccc2Cl)[C@@H](c2ccco2)C(C#N)=C(SCC(=O)Nc2ccc([N+](=O)[O-])cc2C)N1. The molecule has 2 aromatic carbocycles. The molecule has 0 saturated heterocycles. The molecule has 0 spiro atoms. The number of nitro groups is 1. The number of nitrogens with zero attached hydrogens (tertiary/aromatic N) is 2. The van der Waals surface area contributed by atoms with Crippen molar-refractivity contribution in [3.63, 3.8) is 0 Å². The third-order valence-electron chi connectivity index (χ3n) is 6.30. The van der Waals surface area contributed by atoms with Crippen molar-refractivity contribution in [2.24, 2.45) is 0 Å². The molecule has 1 aliphatic rings. The molecular weight excluding hydrogens is 611 g/mol. The lowest BCUT2D eigenvalue weighted by Gasteiger charge is -2.28. The number of allylic oxidation sites excluding steroid dienone is 2. The van der Waals surface area contributed by atoms with Gasteiger partial charge in [0.15, 0.2) is 0 Å². The predicted molar refractivity (Wildman–Crippen MR) is 154 cm³/mol. The zero-order valence-corrected chi connectivity index (χ0v) is 23.9. The maximum absolute atomic E-state index is 13.5. The number of carbonyl (C=O) groups excluding carboxylic acids is 2. The van der Waals surface area contributed by atoms with Gasteiger partial charge in [0, 0.05) is 23.5 Å². The van der Waals surface area contributed by atoms with Crippen LogP contribution in [0.15, 0.2) is 81.1 Å². The first kappa shape index (κ1) is 31.2. The second kappa shape index (κ2) is 12.6. The van der Waals surface area contributed by atoms with Gasteiger partial charge < -0.3 is 20.4 Å². The van der Waals surface area contributed by atoms with Crippen LogP contribution in [-0.2, 0) is 15.8 Å². The highest BCUT2D eigenvalue weighted by Gasteiger charge is 2.37. The van der Waals surface area contributed by atoms with Crippen LogP contribution in [0.1, 0.15) is 29.7 Å². The summed E-state index contributed by atoms with van der Waals surface area (Å²) in [5, 5.41) is 29.3. The van der Waals surface area contributed by atoms with E-state index in [1.807, 2.05) is 0 Å². The predicted octanol–water partition coefficient (Wildman–Crippen LogP) is 6.88. The number of benzene rings is 2. The van der Waals surface area contributed by atoms with E-state index in [1.165, 1.54) is 37.5 Å². The first-order valence-corrected chi connectivity index (χ1v) is 13.7. The van der Waals surface area contributed by atoms with E-state index >= 15 is 0 Å². The third kappa shape index (κ3) is 7.02. The lowest BCUT2D eigenvalue weighted by Crippen LogP contribution is -2.31. The number of nitriles is 1. The minimum Gasteiger partial charge on any atom is -0.468 e. The molecule has 1 aliphatic heterocycles. The summed E-state index contributed by atoms with van der Waals surface area (Å²) in [4.78, 5) is 36.7. The van der Waals surface area contributed by atoms with Gasteiger partial charge in [-0.1, -0.05) is 23.4 Å². The number of aryl methyl sites for hydroxylation is 1. The highest BCUT2D eigenvalue weighted by Crippen LogP contribution is 2.42. The Morgan fingerprint density at radius 3 is 2.51 bits per heavy atom. The number of nitro benzene ring substituents is 1.